The molecule has 0 fully saturated rings. The number of rotatable bonds is 8. The van der Waals surface area contributed by atoms with Crippen molar-refractivity contribution >= 4 is 40.1 Å². The van der Waals surface area contributed by atoms with Crippen molar-refractivity contribution in [3.05, 3.63) is 101 Å². The Morgan fingerprint density at radius 2 is 1.30 bits per heavy atom. The van der Waals surface area contributed by atoms with Crippen LogP contribution in [0.2, 0.25) is 0 Å². The molecule has 4 rings (SSSR count). The van der Waals surface area contributed by atoms with Crippen molar-refractivity contribution in [1.82, 2.24) is 9.97 Å². The maximum Gasteiger partial charge on any atom is 0.353 e. The van der Waals surface area contributed by atoms with Crippen LogP contribution in [-0.4, -0.2) is 14.9 Å². The van der Waals surface area contributed by atoms with E-state index in [1.54, 1.807) is 24.3 Å². The Morgan fingerprint density at radius 3 is 1.82 bits per heavy atom. The number of aromatic nitrogens is 2. The van der Waals surface area contributed by atoms with Gasteiger partial charge in [-0.1, -0.05) is 37.3 Å². The minimum atomic E-state index is -0.506. The van der Waals surface area contributed by atoms with Crippen LogP contribution in [-0.2, 0) is 6.42 Å². The summed E-state index contributed by atoms with van der Waals surface area (Å²) in [6, 6.07) is 24.1. The van der Waals surface area contributed by atoms with E-state index in [1.807, 2.05) is 54.6 Å². The number of benzene rings is 3. The van der Waals surface area contributed by atoms with Gasteiger partial charge in [-0.05, 0) is 60.5 Å². The number of nitrogens with zero attached hydrogens (tertiary/aromatic N) is 5. The van der Waals surface area contributed by atoms with E-state index >= 15 is 0 Å². The van der Waals surface area contributed by atoms with Gasteiger partial charge in [0.15, 0.2) is 0 Å². The second-order valence-electron chi connectivity index (χ2n) is 7.06. The lowest BCUT2D eigenvalue weighted by atomic mass is 10.1. The van der Waals surface area contributed by atoms with Gasteiger partial charge in [0.05, 0.1) is 16.3 Å². The van der Waals surface area contributed by atoms with Gasteiger partial charge in [-0.3, -0.25) is 10.1 Å². The molecule has 0 saturated heterocycles. The lowest BCUT2D eigenvalue weighted by Gasteiger charge is -2.10. The van der Waals surface area contributed by atoms with Crippen LogP contribution in [0.1, 0.15) is 12.5 Å². The Balaban J connectivity index is 1.53. The van der Waals surface area contributed by atoms with Crippen LogP contribution in [0.4, 0.5) is 40.1 Å². The number of hydrogen-bond donors (Lipinski definition) is 2. The molecule has 1 aromatic heterocycles. The standard InChI is InChI=1S/C24H21N7O2/c1-2-17-8-10-18(11-9-17)27-23-22(31(32)33)24(26-16-25-23)28-19-12-14-21(15-13-19)30-29-20-6-4-3-5-7-20/h3-16H,2H2,1H3,(H2,25,26,27,28). The zero-order valence-electron chi connectivity index (χ0n) is 17.8. The fraction of sp³-hybridized carbons (Fsp3) is 0.0833. The van der Waals surface area contributed by atoms with E-state index in [2.05, 4.69) is 37.8 Å². The first-order valence-corrected chi connectivity index (χ1v) is 10.3. The van der Waals surface area contributed by atoms with E-state index < -0.39 is 4.92 Å². The van der Waals surface area contributed by atoms with Crippen molar-refractivity contribution < 1.29 is 4.92 Å². The highest BCUT2D eigenvalue weighted by Crippen LogP contribution is 2.33. The molecule has 0 aliphatic rings. The van der Waals surface area contributed by atoms with Crippen LogP contribution in [0.3, 0.4) is 0 Å². The van der Waals surface area contributed by atoms with Crippen molar-refractivity contribution in [2.75, 3.05) is 10.6 Å². The van der Waals surface area contributed by atoms with Crippen LogP contribution < -0.4 is 10.6 Å². The van der Waals surface area contributed by atoms with Gasteiger partial charge in [-0.15, -0.1) is 0 Å². The maximum absolute atomic E-state index is 11.8. The second-order valence-corrected chi connectivity index (χ2v) is 7.06. The molecule has 9 nitrogen and oxygen atoms in total. The summed E-state index contributed by atoms with van der Waals surface area (Å²) in [7, 11) is 0. The zero-order chi connectivity index (χ0) is 23.0. The molecule has 0 unspecified atom stereocenters. The summed E-state index contributed by atoms with van der Waals surface area (Å²) in [5.41, 5.74) is 3.65. The van der Waals surface area contributed by atoms with Crippen LogP contribution >= 0.6 is 0 Å². The molecule has 164 valence electrons. The first-order chi connectivity index (χ1) is 16.1. The summed E-state index contributed by atoms with van der Waals surface area (Å²) < 4.78 is 0. The zero-order valence-corrected chi connectivity index (χ0v) is 17.8. The van der Waals surface area contributed by atoms with E-state index in [0.717, 1.165) is 12.1 Å². The first kappa shape index (κ1) is 21.6. The molecular weight excluding hydrogens is 418 g/mol. The van der Waals surface area contributed by atoms with Crippen molar-refractivity contribution in [3.8, 4) is 0 Å². The number of nitrogens with one attached hydrogen (secondary N) is 2. The minimum Gasteiger partial charge on any atom is -0.334 e. The highest BCUT2D eigenvalue weighted by Gasteiger charge is 2.23. The van der Waals surface area contributed by atoms with Crippen LogP contribution in [0.5, 0.6) is 0 Å². The highest BCUT2D eigenvalue weighted by molar-refractivity contribution is 5.77. The fourth-order valence-corrected chi connectivity index (χ4v) is 3.05. The van der Waals surface area contributed by atoms with Gasteiger partial charge in [-0.25, -0.2) is 9.97 Å². The second kappa shape index (κ2) is 10.1. The topological polar surface area (TPSA) is 118 Å². The van der Waals surface area contributed by atoms with Gasteiger partial charge < -0.3 is 10.6 Å². The molecule has 4 aromatic rings. The summed E-state index contributed by atoms with van der Waals surface area (Å²) in [6.45, 7) is 2.06. The molecule has 1 heterocycles. The predicted octanol–water partition coefficient (Wildman–Crippen LogP) is 6.85. The van der Waals surface area contributed by atoms with Gasteiger partial charge in [0.2, 0.25) is 11.6 Å². The molecule has 0 aliphatic heterocycles. The average molecular weight is 439 g/mol. The van der Waals surface area contributed by atoms with E-state index in [1.165, 1.54) is 11.9 Å². The van der Waals surface area contributed by atoms with E-state index in [0.29, 0.717) is 17.1 Å². The lowest BCUT2D eigenvalue weighted by molar-refractivity contribution is -0.383. The Labute approximate surface area is 190 Å². The summed E-state index contributed by atoms with van der Waals surface area (Å²) in [5, 5.41) is 26.2. The van der Waals surface area contributed by atoms with Gasteiger partial charge in [-0.2, -0.15) is 10.2 Å². The summed E-state index contributed by atoms with van der Waals surface area (Å²) in [6.07, 6.45) is 2.19. The molecule has 0 atom stereocenters. The average Bonchev–Trinajstić information content (AvgIpc) is 2.85. The molecule has 0 aliphatic carbocycles. The smallest absolute Gasteiger partial charge is 0.334 e. The van der Waals surface area contributed by atoms with Gasteiger partial charge in [0.1, 0.15) is 6.33 Å². The predicted molar refractivity (Wildman–Crippen MR) is 128 cm³/mol. The molecule has 0 spiro atoms. The summed E-state index contributed by atoms with van der Waals surface area (Å²) in [4.78, 5) is 19.5. The Kier molecular flexibility index (Phi) is 6.60. The molecule has 2 N–H and O–H groups in total. The molecular formula is C24H21N7O2. The summed E-state index contributed by atoms with van der Waals surface area (Å²) >= 11 is 0. The number of hydrogen-bond acceptors (Lipinski definition) is 8. The quantitative estimate of drug-likeness (QED) is 0.176. The van der Waals surface area contributed by atoms with Crippen LogP contribution in [0, 0.1) is 10.1 Å². The third-order valence-corrected chi connectivity index (χ3v) is 4.80. The third-order valence-electron chi connectivity index (χ3n) is 4.80. The van der Waals surface area contributed by atoms with Crippen molar-refractivity contribution in [2.24, 2.45) is 10.2 Å². The number of nitro groups is 1. The monoisotopic (exact) mass is 439 g/mol. The Bertz CT molecular complexity index is 1260. The maximum atomic E-state index is 11.8. The molecule has 9 heteroatoms. The van der Waals surface area contributed by atoms with Crippen LogP contribution in [0.15, 0.2) is 95.4 Å². The van der Waals surface area contributed by atoms with Gasteiger partial charge in [0.25, 0.3) is 0 Å². The van der Waals surface area contributed by atoms with E-state index in [4.69, 9.17) is 0 Å². The van der Waals surface area contributed by atoms with Gasteiger partial charge in [0, 0.05) is 11.4 Å². The van der Waals surface area contributed by atoms with E-state index in [9.17, 15) is 10.1 Å². The normalized spacial score (nSPS) is 10.8. The highest BCUT2D eigenvalue weighted by atomic mass is 16.6. The number of anilines is 4. The van der Waals surface area contributed by atoms with Crippen molar-refractivity contribution in [1.29, 1.82) is 0 Å². The van der Waals surface area contributed by atoms with Crippen molar-refractivity contribution in [2.45, 2.75) is 13.3 Å². The minimum absolute atomic E-state index is 0.0846. The van der Waals surface area contributed by atoms with Crippen LogP contribution in [0.25, 0.3) is 0 Å². The Morgan fingerprint density at radius 1 is 0.788 bits per heavy atom. The molecule has 0 radical (unpaired) electrons. The molecule has 33 heavy (non-hydrogen) atoms. The Hall–Kier alpha value is -4.66. The molecule has 0 amide bonds. The first-order valence-electron chi connectivity index (χ1n) is 10.3. The third kappa shape index (κ3) is 5.53. The number of azo groups is 1. The fourth-order valence-electron chi connectivity index (χ4n) is 3.05. The molecule has 3 aromatic carbocycles. The largest absolute Gasteiger partial charge is 0.353 e. The lowest BCUT2D eigenvalue weighted by Crippen LogP contribution is -2.05. The molecule has 0 bridgehead atoms. The SMILES string of the molecule is CCc1ccc(Nc2ncnc(Nc3ccc(N=Nc4ccccc4)cc3)c2[N+](=O)[O-])cc1. The molecule has 0 saturated carbocycles. The van der Waals surface area contributed by atoms with E-state index in [-0.39, 0.29) is 17.3 Å². The number of aryl methyl sites for hydroxylation is 1. The summed E-state index contributed by atoms with van der Waals surface area (Å²) in [5.74, 6) is 0.191. The van der Waals surface area contributed by atoms with Gasteiger partial charge >= 0.3 is 5.69 Å². The van der Waals surface area contributed by atoms with Crippen molar-refractivity contribution in [3.63, 3.8) is 0 Å².